The van der Waals surface area contributed by atoms with Crippen LogP contribution in [0.25, 0.3) is 10.9 Å². The molecule has 0 bridgehead atoms. The van der Waals surface area contributed by atoms with Crippen LogP contribution in [0, 0.1) is 17.7 Å². The van der Waals surface area contributed by atoms with Crippen molar-refractivity contribution in [2.75, 3.05) is 26.8 Å². The Morgan fingerprint density at radius 3 is 2.79 bits per heavy atom. The van der Waals surface area contributed by atoms with Crippen LogP contribution in [0.4, 0.5) is 4.39 Å². The second-order valence-electron chi connectivity index (χ2n) is 6.89. The number of nitrogens with zero attached hydrogens (tertiary/aromatic N) is 1. The third-order valence-electron chi connectivity index (χ3n) is 5.11. The van der Waals surface area contributed by atoms with E-state index in [0.717, 1.165) is 44.8 Å². The number of aromatic amines is 1. The second-order valence-corrected chi connectivity index (χ2v) is 6.89. The summed E-state index contributed by atoms with van der Waals surface area (Å²) in [4.78, 5) is 17.8. The van der Waals surface area contributed by atoms with Gasteiger partial charge < -0.3 is 9.72 Å². The number of hydrogen-bond donors (Lipinski definition) is 1. The molecule has 0 spiro atoms. The molecule has 1 aliphatic heterocycles. The Morgan fingerprint density at radius 1 is 1.33 bits per heavy atom. The van der Waals surface area contributed by atoms with Crippen LogP contribution in [0.3, 0.4) is 0 Å². The number of aromatic nitrogens is 1. The quantitative estimate of drug-likeness (QED) is 0.915. The van der Waals surface area contributed by atoms with E-state index in [9.17, 15) is 9.18 Å². The Kier molecular flexibility index (Phi) is 5.31. The first kappa shape index (κ1) is 17.1. The van der Waals surface area contributed by atoms with E-state index in [2.05, 4.69) is 16.8 Å². The fourth-order valence-electron chi connectivity index (χ4n) is 3.68. The van der Waals surface area contributed by atoms with Crippen molar-refractivity contribution in [2.24, 2.45) is 11.8 Å². The monoisotopic (exact) mass is 332 g/mol. The number of pyridine rings is 1. The highest BCUT2D eigenvalue weighted by atomic mass is 19.1. The van der Waals surface area contributed by atoms with Gasteiger partial charge in [-0.1, -0.05) is 6.92 Å². The first-order valence-corrected chi connectivity index (χ1v) is 8.59. The van der Waals surface area contributed by atoms with Crippen molar-refractivity contribution in [3.63, 3.8) is 0 Å². The van der Waals surface area contributed by atoms with Crippen LogP contribution in [-0.4, -0.2) is 36.7 Å². The van der Waals surface area contributed by atoms with E-state index < -0.39 is 0 Å². The Labute approximate surface area is 141 Å². The van der Waals surface area contributed by atoms with Gasteiger partial charge >= 0.3 is 0 Å². The number of benzene rings is 1. The lowest BCUT2D eigenvalue weighted by Crippen LogP contribution is -2.36. The summed E-state index contributed by atoms with van der Waals surface area (Å²) in [5, 5.41) is 0.408. The van der Waals surface area contributed by atoms with Crippen LogP contribution < -0.4 is 5.43 Å². The normalized spacial score (nSPS) is 18.1. The average Bonchev–Trinajstić information content (AvgIpc) is 2.56. The molecule has 0 aliphatic carbocycles. The summed E-state index contributed by atoms with van der Waals surface area (Å²) in [5.74, 6) is 0.917. The van der Waals surface area contributed by atoms with Crippen LogP contribution in [-0.2, 0) is 11.3 Å². The molecule has 1 saturated heterocycles. The molecule has 2 heterocycles. The molecule has 24 heavy (non-hydrogen) atoms. The number of ether oxygens (including phenoxy) is 1. The molecule has 1 aromatic heterocycles. The highest BCUT2D eigenvalue weighted by Crippen LogP contribution is 2.25. The van der Waals surface area contributed by atoms with E-state index in [1.165, 1.54) is 12.1 Å². The number of piperidine rings is 1. The summed E-state index contributed by atoms with van der Waals surface area (Å²) in [6, 6.07) is 5.90. The van der Waals surface area contributed by atoms with Gasteiger partial charge in [-0.25, -0.2) is 4.39 Å². The minimum Gasteiger partial charge on any atom is -0.384 e. The number of halogens is 1. The molecular formula is C19H25FN2O2. The average molecular weight is 332 g/mol. The fraction of sp³-hybridized carbons (Fsp3) is 0.526. The molecule has 1 atom stereocenters. The standard InChI is InChI=1S/C19H25FN2O2/c1-13(12-24-2)14-5-7-22(8-6-14)11-16-10-19(23)17-9-15(20)3-4-18(17)21-16/h3-4,9-10,13-14H,5-8,11-12H2,1-2H3,(H,21,23)/t13-/m1/s1. The maximum absolute atomic E-state index is 13.3. The van der Waals surface area contributed by atoms with Crippen molar-refractivity contribution in [2.45, 2.75) is 26.3 Å². The minimum absolute atomic E-state index is 0.123. The number of nitrogens with one attached hydrogen (secondary N) is 1. The van der Waals surface area contributed by atoms with Crippen LogP contribution in [0.15, 0.2) is 29.1 Å². The molecule has 1 aromatic carbocycles. The Balaban J connectivity index is 1.66. The SMILES string of the molecule is COC[C@@H](C)C1CCN(Cc2cc(=O)c3cc(F)ccc3[nH]2)CC1. The van der Waals surface area contributed by atoms with Crippen molar-refractivity contribution in [3.8, 4) is 0 Å². The van der Waals surface area contributed by atoms with Gasteiger partial charge in [-0.2, -0.15) is 0 Å². The van der Waals surface area contributed by atoms with Crippen molar-refractivity contribution in [1.82, 2.24) is 9.88 Å². The van der Waals surface area contributed by atoms with Crippen molar-refractivity contribution < 1.29 is 9.13 Å². The molecule has 0 unspecified atom stereocenters. The van der Waals surface area contributed by atoms with E-state index in [1.54, 1.807) is 19.2 Å². The topological polar surface area (TPSA) is 45.3 Å². The predicted octanol–water partition coefficient (Wildman–Crippen LogP) is 3.16. The highest BCUT2D eigenvalue weighted by Gasteiger charge is 2.24. The maximum Gasteiger partial charge on any atom is 0.189 e. The fourth-order valence-corrected chi connectivity index (χ4v) is 3.68. The van der Waals surface area contributed by atoms with Crippen LogP contribution in [0.1, 0.15) is 25.5 Å². The highest BCUT2D eigenvalue weighted by molar-refractivity contribution is 5.78. The first-order chi connectivity index (χ1) is 11.6. The summed E-state index contributed by atoms with van der Waals surface area (Å²) < 4.78 is 18.5. The third-order valence-corrected chi connectivity index (χ3v) is 5.11. The van der Waals surface area contributed by atoms with E-state index in [0.29, 0.717) is 22.7 Å². The second kappa shape index (κ2) is 7.45. The third kappa shape index (κ3) is 3.84. The molecule has 4 nitrogen and oxygen atoms in total. The summed E-state index contributed by atoms with van der Waals surface area (Å²) in [6.07, 6.45) is 2.32. The number of hydrogen-bond acceptors (Lipinski definition) is 3. The molecule has 2 aromatic rings. The molecule has 3 rings (SSSR count). The summed E-state index contributed by atoms with van der Waals surface area (Å²) in [6.45, 7) is 5.86. The van der Waals surface area contributed by atoms with E-state index in [-0.39, 0.29) is 11.2 Å². The zero-order valence-corrected chi connectivity index (χ0v) is 14.3. The zero-order valence-electron chi connectivity index (χ0n) is 14.3. The molecule has 5 heteroatoms. The molecule has 130 valence electrons. The lowest BCUT2D eigenvalue weighted by Gasteiger charge is -2.34. The van der Waals surface area contributed by atoms with Gasteiger partial charge in [0.15, 0.2) is 5.43 Å². The Morgan fingerprint density at radius 2 is 2.08 bits per heavy atom. The van der Waals surface area contributed by atoms with Gasteiger partial charge in [-0.15, -0.1) is 0 Å². The first-order valence-electron chi connectivity index (χ1n) is 8.59. The number of fused-ring (bicyclic) bond motifs is 1. The van der Waals surface area contributed by atoms with Crippen molar-refractivity contribution in [1.29, 1.82) is 0 Å². The number of H-pyrrole nitrogens is 1. The maximum atomic E-state index is 13.3. The van der Waals surface area contributed by atoms with Crippen LogP contribution in [0.5, 0.6) is 0 Å². The lowest BCUT2D eigenvalue weighted by molar-refractivity contribution is 0.0876. The minimum atomic E-state index is -0.381. The smallest absolute Gasteiger partial charge is 0.189 e. The van der Waals surface area contributed by atoms with Gasteiger partial charge in [0.1, 0.15) is 5.82 Å². The van der Waals surface area contributed by atoms with Crippen LogP contribution >= 0.6 is 0 Å². The van der Waals surface area contributed by atoms with Gasteiger partial charge in [0.25, 0.3) is 0 Å². The van der Waals surface area contributed by atoms with Gasteiger partial charge in [0.05, 0.1) is 0 Å². The number of rotatable bonds is 5. The molecule has 0 amide bonds. The molecule has 1 N–H and O–H groups in total. The molecular weight excluding hydrogens is 307 g/mol. The molecule has 1 fully saturated rings. The summed E-state index contributed by atoms with van der Waals surface area (Å²) in [5.41, 5.74) is 1.46. The molecule has 0 saturated carbocycles. The number of methoxy groups -OCH3 is 1. The zero-order chi connectivity index (χ0) is 17.1. The predicted molar refractivity (Wildman–Crippen MR) is 93.6 cm³/mol. The number of likely N-dealkylation sites (tertiary alicyclic amines) is 1. The van der Waals surface area contributed by atoms with Gasteiger partial charge in [-0.3, -0.25) is 9.69 Å². The lowest BCUT2D eigenvalue weighted by atomic mass is 9.86. The largest absolute Gasteiger partial charge is 0.384 e. The van der Waals surface area contributed by atoms with E-state index in [1.807, 2.05) is 0 Å². The Bertz CT molecular complexity index is 751. The summed E-state index contributed by atoms with van der Waals surface area (Å²) >= 11 is 0. The van der Waals surface area contributed by atoms with E-state index >= 15 is 0 Å². The van der Waals surface area contributed by atoms with Crippen LogP contribution in [0.2, 0.25) is 0 Å². The van der Waals surface area contributed by atoms with Gasteiger partial charge in [0, 0.05) is 42.9 Å². The molecule has 0 radical (unpaired) electrons. The van der Waals surface area contributed by atoms with E-state index in [4.69, 9.17) is 4.74 Å². The van der Waals surface area contributed by atoms with Crippen molar-refractivity contribution >= 4 is 10.9 Å². The Hall–Kier alpha value is -1.72. The van der Waals surface area contributed by atoms with Crippen molar-refractivity contribution in [3.05, 3.63) is 46.0 Å². The van der Waals surface area contributed by atoms with Gasteiger partial charge in [-0.05, 0) is 56.0 Å². The summed E-state index contributed by atoms with van der Waals surface area (Å²) in [7, 11) is 1.76. The molecule has 1 aliphatic rings. The van der Waals surface area contributed by atoms with Gasteiger partial charge in [0.2, 0.25) is 0 Å².